The molecule has 0 aliphatic carbocycles. The lowest BCUT2D eigenvalue weighted by Crippen LogP contribution is -2.31. The number of sulfonamides is 1. The molecule has 2 rings (SSSR count). The van der Waals surface area contributed by atoms with Crippen molar-refractivity contribution >= 4 is 15.7 Å². The molecular weight excluding hydrogens is 276 g/mol. The molecule has 0 spiro atoms. The Morgan fingerprint density at radius 3 is 2.85 bits per heavy atom. The number of aryl methyl sites for hydroxylation is 2. The van der Waals surface area contributed by atoms with Crippen LogP contribution >= 0.6 is 0 Å². The maximum atomic E-state index is 11.6. The summed E-state index contributed by atoms with van der Waals surface area (Å²) in [5.74, 6) is 0. The Balaban J connectivity index is 1.90. The maximum Gasteiger partial charge on any atom is 0.213 e. The SMILES string of the molecule is Cc1cc2ncc(CCCNS(=O)(=O)C(C)C)cn2n1. The van der Waals surface area contributed by atoms with E-state index < -0.39 is 15.3 Å². The molecule has 0 aliphatic rings. The van der Waals surface area contributed by atoms with Crippen molar-refractivity contribution in [2.45, 2.75) is 38.9 Å². The Bertz CT molecular complexity index is 691. The second-order valence-corrected chi connectivity index (χ2v) is 7.46. The number of hydrogen-bond acceptors (Lipinski definition) is 4. The van der Waals surface area contributed by atoms with Crippen LogP contribution in [0.5, 0.6) is 0 Å². The second kappa shape index (κ2) is 5.88. The largest absolute Gasteiger partial charge is 0.237 e. The van der Waals surface area contributed by atoms with E-state index in [1.807, 2.05) is 25.4 Å². The van der Waals surface area contributed by atoms with E-state index in [9.17, 15) is 8.42 Å². The lowest BCUT2D eigenvalue weighted by Gasteiger charge is -2.09. The first-order valence-electron chi connectivity index (χ1n) is 6.68. The van der Waals surface area contributed by atoms with Gasteiger partial charge in [0.2, 0.25) is 10.0 Å². The zero-order valence-electron chi connectivity index (χ0n) is 12.0. The lowest BCUT2D eigenvalue weighted by atomic mass is 10.2. The molecule has 20 heavy (non-hydrogen) atoms. The van der Waals surface area contributed by atoms with Gasteiger partial charge in [-0.2, -0.15) is 5.10 Å². The van der Waals surface area contributed by atoms with Crippen LogP contribution in [0.15, 0.2) is 18.5 Å². The summed E-state index contributed by atoms with van der Waals surface area (Å²) >= 11 is 0. The van der Waals surface area contributed by atoms with Crippen molar-refractivity contribution in [3.63, 3.8) is 0 Å². The molecule has 0 aliphatic heterocycles. The highest BCUT2D eigenvalue weighted by molar-refractivity contribution is 7.90. The Labute approximate surface area is 119 Å². The lowest BCUT2D eigenvalue weighted by molar-refractivity contribution is 0.570. The predicted octanol–water partition coefficient (Wildman–Crippen LogP) is 1.30. The molecule has 0 bridgehead atoms. The third kappa shape index (κ3) is 3.55. The quantitative estimate of drug-likeness (QED) is 0.815. The minimum atomic E-state index is -3.17. The highest BCUT2D eigenvalue weighted by Crippen LogP contribution is 2.06. The molecule has 0 saturated carbocycles. The van der Waals surface area contributed by atoms with Gasteiger partial charge < -0.3 is 0 Å². The second-order valence-electron chi connectivity index (χ2n) is 5.14. The van der Waals surface area contributed by atoms with E-state index in [1.165, 1.54) is 0 Å². The summed E-state index contributed by atoms with van der Waals surface area (Å²) in [6.07, 6.45) is 5.25. The molecule has 0 radical (unpaired) electrons. The van der Waals surface area contributed by atoms with Crippen LogP contribution in [0.3, 0.4) is 0 Å². The summed E-state index contributed by atoms with van der Waals surface area (Å²) in [6.45, 7) is 5.70. The minimum absolute atomic E-state index is 0.396. The molecule has 2 heterocycles. The average Bonchev–Trinajstić information content (AvgIpc) is 2.73. The zero-order chi connectivity index (χ0) is 14.8. The summed E-state index contributed by atoms with van der Waals surface area (Å²) in [6, 6.07) is 1.92. The fraction of sp³-hybridized carbons (Fsp3) is 0.538. The van der Waals surface area contributed by atoms with E-state index in [-0.39, 0.29) is 0 Å². The number of hydrogen-bond donors (Lipinski definition) is 1. The highest BCUT2D eigenvalue weighted by Gasteiger charge is 2.14. The fourth-order valence-electron chi connectivity index (χ4n) is 1.84. The first-order valence-corrected chi connectivity index (χ1v) is 8.22. The first kappa shape index (κ1) is 14.9. The van der Waals surface area contributed by atoms with Crippen LogP contribution in [0.1, 0.15) is 31.5 Å². The topological polar surface area (TPSA) is 76.4 Å². The van der Waals surface area contributed by atoms with Crippen LogP contribution in [0.4, 0.5) is 0 Å². The predicted molar refractivity (Wildman–Crippen MR) is 78.1 cm³/mol. The monoisotopic (exact) mass is 296 g/mol. The van der Waals surface area contributed by atoms with Gasteiger partial charge in [-0.15, -0.1) is 0 Å². The van der Waals surface area contributed by atoms with Gasteiger partial charge in [-0.25, -0.2) is 22.6 Å². The van der Waals surface area contributed by atoms with Crippen LogP contribution in [-0.2, 0) is 16.4 Å². The molecular formula is C13H20N4O2S. The molecule has 2 aromatic heterocycles. The van der Waals surface area contributed by atoms with Gasteiger partial charge in [0.15, 0.2) is 5.65 Å². The molecule has 0 aromatic carbocycles. The molecule has 2 aromatic rings. The number of aromatic nitrogens is 3. The third-order valence-corrected chi connectivity index (χ3v) is 4.90. The van der Waals surface area contributed by atoms with Gasteiger partial charge in [-0.1, -0.05) is 0 Å². The van der Waals surface area contributed by atoms with Crippen LogP contribution in [-0.4, -0.2) is 34.8 Å². The Morgan fingerprint density at radius 1 is 1.40 bits per heavy atom. The van der Waals surface area contributed by atoms with Gasteiger partial charge in [-0.3, -0.25) is 0 Å². The Morgan fingerprint density at radius 2 is 2.15 bits per heavy atom. The third-order valence-electron chi connectivity index (χ3n) is 3.06. The van der Waals surface area contributed by atoms with E-state index in [4.69, 9.17) is 0 Å². The smallest absolute Gasteiger partial charge is 0.213 e. The fourth-order valence-corrected chi connectivity index (χ4v) is 2.60. The average molecular weight is 296 g/mol. The van der Waals surface area contributed by atoms with E-state index >= 15 is 0 Å². The highest BCUT2D eigenvalue weighted by atomic mass is 32.2. The normalized spacial score (nSPS) is 12.4. The number of fused-ring (bicyclic) bond motifs is 1. The zero-order valence-corrected chi connectivity index (χ0v) is 12.8. The number of nitrogens with one attached hydrogen (secondary N) is 1. The van der Waals surface area contributed by atoms with Crippen molar-refractivity contribution in [1.29, 1.82) is 0 Å². The van der Waals surface area contributed by atoms with E-state index in [0.717, 1.165) is 29.7 Å². The van der Waals surface area contributed by atoms with Gasteiger partial charge in [0.1, 0.15) is 0 Å². The molecule has 6 nitrogen and oxygen atoms in total. The number of rotatable bonds is 6. The standard InChI is InChI=1S/C13H20N4O2S/c1-10(2)20(18,19)15-6-4-5-12-8-14-13-7-11(3)16-17(13)9-12/h7-10,15H,4-6H2,1-3H3. The molecule has 0 unspecified atom stereocenters. The van der Waals surface area contributed by atoms with Crippen molar-refractivity contribution in [1.82, 2.24) is 19.3 Å². The minimum Gasteiger partial charge on any atom is -0.237 e. The van der Waals surface area contributed by atoms with Crippen LogP contribution in [0, 0.1) is 6.92 Å². The van der Waals surface area contributed by atoms with Crippen molar-refractivity contribution in [3.8, 4) is 0 Å². The van der Waals surface area contributed by atoms with Crippen LogP contribution in [0.2, 0.25) is 0 Å². The summed E-state index contributed by atoms with van der Waals surface area (Å²) in [5.41, 5.74) is 2.80. The van der Waals surface area contributed by atoms with Gasteiger partial charge >= 0.3 is 0 Å². The van der Waals surface area contributed by atoms with Gasteiger partial charge in [-0.05, 0) is 39.2 Å². The first-order chi connectivity index (χ1) is 9.38. The van der Waals surface area contributed by atoms with Crippen LogP contribution < -0.4 is 4.72 Å². The summed E-state index contributed by atoms with van der Waals surface area (Å²) in [4.78, 5) is 4.32. The Kier molecular flexibility index (Phi) is 4.39. The maximum absolute atomic E-state index is 11.6. The Hall–Kier alpha value is -1.47. The molecule has 0 atom stereocenters. The van der Waals surface area contributed by atoms with Crippen molar-refractivity contribution in [2.75, 3.05) is 6.54 Å². The van der Waals surface area contributed by atoms with Crippen molar-refractivity contribution < 1.29 is 8.42 Å². The summed E-state index contributed by atoms with van der Waals surface area (Å²) < 4.78 is 27.5. The van der Waals surface area contributed by atoms with Crippen molar-refractivity contribution in [3.05, 3.63) is 29.7 Å². The molecule has 0 amide bonds. The van der Waals surface area contributed by atoms with Gasteiger partial charge in [0.05, 0.1) is 10.9 Å². The molecule has 0 saturated heterocycles. The summed E-state index contributed by atoms with van der Waals surface area (Å²) in [5, 5.41) is 3.91. The van der Waals surface area contributed by atoms with Gasteiger partial charge in [0, 0.05) is 25.0 Å². The molecule has 0 fully saturated rings. The van der Waals surface area contributed by atoms with Gasteiger partial charge in [0.25, 0.3) is 0 Å². The molecule has 110 valence electrons. The molecule has 7 heteroatoms. The number of nitrogens with zero attached hydrogens (tertiary/aromatic N) is 3. The van der Waals surface area contributed by atoms with E-state index in [1.54, 1.807) is 18.4 Å². The van der Waals surface area contributed by atoms with Crippen molar-refractivity contribution in [2.24, 2.45) is 0 Å². The summed E-state index contributed by atoms with van der Waals surface area (Å²) in [7, 11) is -3.17. The van der Waals surface area contributed by atoms with Crippen LogP contribution in [0.25, 0.3) is 5.65 Å². The molecule has 1 N–H and O–H groups in total. The van der Waals surface area contributed by atoms with E-state index in [2.05, 4.69) is 14.8 Å². The van der Waals surface area contributed by atoms with E-state index in [0.29, 0.717) is 6.54 Å².